The Kier molecular flexibility index (Phi) is 7.85. The van der Waals surface area contributed by atoms with Crippen molar-refractivity contribution in [1.82, 2.24) is 10.2 Å². The zero-order valence-electron chi connectivity index (χ0n) is 21.5. The van der Waals surface area contributed by atoms with E-state index in [9.17, 15) is 14.7 Å². The van der Waals surface area contributed by atoms with Crippen molar-refractivity contribution in [2.75, 3.05) is 13.2 Å². The number of urea groups is 1. The van der Waals surface area contributed by atoms with Gasteiger partial charge in [0.15, 0.2) is 6.23 Å². The van der Waals surface area contributed by atoms with E-state index >= 15 is 0 Å². The molecule has 5 unspecified atom stereocenters. The first-order chi connectivity index (χ1) is 15.3. The average molecular weight is 503 g/mol. The normalized spacial score (nSPS) is 34.6. The lowest BCUT2D eigenvalue weighted by Crippen LogP contribution is -2.66. The SMILES string of the molecule is CC1CN(C2OC3CO[Si](C(C)C)(C(C)C)O[Si](C(C)C)(C(C)C)OC3C2O)C(=O)NC1=O. The van der Waals surface area contributed by atoms with Crippen molar-refractivity contribution in [1.29, 1.82) is 0 Å². The fraction of sp³-hybridized carbons (Fsp3) is 0.909. The minimum atomic E-state index is -2.91. The molecular formula is C22H42N2O7Si2. The van der Waals surface area contributed by atoms with Gasteiger partial charge in [-0.25, -0.2) is 4.79 Å². The molecule has 0 aromatic rings. The quantitative estimate of drug-likeness (QED) is 0.556. The van der Waals surface area contributed by atoms with Gasteiger partial charge in [-0.05, 0) is 22.2 Å². The summed E-state index contributed by atoms with van der Waals surface area (Å²) in [7, 11) is -5.63. The third-order valence-corrected chi connectivity index (χ3v) is 17.6. The maximum atomic E-state index is 12.6. The van der Waals surface area contributed by atoms with Crippen molar-refractivity contribution in [2.24, 2.45) is 5.92 Å². The summed E-state index contributed by atoms with van der Waals surface area (Å²) in [5.41, 5.74) is 0.630. The second-order valence-electron chi connectivity index (χ2n) is 11.0. The van der Waals surface area contributed by atoms with Crippen LogP contribution in [0.15, 0.2) is 0 Å². The number of carbonyl (C=O) groups excluding carboxylic acids is 2. The van der Waals surface area contributed by atoms with E-state index < -0.39 is 53.6 Å². The van der Waals surface area contributed by atoms with E-state index in [1.807, 2.05) is 0 Å². The van der Waals surface area contributed by atoms with Gasteiger partial charge in [-0.15, -0.1) is 0 Å². The van der Waals surface area contributed by atoms with Gasteiger partial charge >= 0.3 is 23.2 Å². The number of hydrogen-bond donors (Lipinski definition) is 2. The summed E-state index contributed by atoms with van der Waals surface area (Å²) in [6, 6.07) is -0.557. The molecule has 3 aliphatic heterocycles. The molecule has 33 heavy (non-hydrogen) atoms. The van der Waals surface area contributed by atoms with Crippen LogP contribution in [0, 0.1) is 5.92 Å². The molecule has 3 saturated heterocycles. The number of amides is 3. The molecule has 3 aliphatic rings. The van der Waals surface area contributed by atoms with Crippen molar-refractivity contribution in [3.8, 4) is 0 Å². The molecule has 3 fully saturated rings. The zero-order valence-corrected chi connectivity index (χ0v) is 23.5. The fourth-order valence-corrected chi connectivity index (χ4v) is 16.6. The van der Waals surface area contributed by atoms with Crippen LogP contribution in [0.4, 0.5) is 4.79 Å². The van der Waals surface area contributed by atoms with Gasteiger partial charge in [-0.3, -0.25) is 15.0 Å². The van der Waals surface area contributed by atoms with Gasteiger partial charge in [0.2, 0.25) is 5.91 Å². The first-order valence-electron chi connectivity index (χ1n) is 12.2. The highest BCUT2D eigenvalue weighted by Crippen LogP contribution is 2.47. The number of ether oxygens (including phenoxy) is 1. The van der Waals surface area contributed by atoms with Crippen LogP contribution in [0.2, 0.25) is 22.2 Å². The third-order valence-electron chi connectivity index (χ3n) is 7.36. The zero-order chi connectivity index (χ0) is 24.9. The average Bonchev–Trinajstić information content (AvgIpc) is 2.98. The molecule has 0 aromatic heterocycles. The molecule has 9 nitrogen and oxygen atoms in total. The Balaban J connectivity index is 2.00. The largest absolute Gasteiger partial charge is 0.414 e. The van der Waals surface area contributed by atoms with E-state index in [1.54, 1.807) is 6.92 Å². The monoisotopic (exact) mass is 502 g/mol. The molecule has 3 amide bonds. The van der Waals surface area contributed by atoms with E-state index in [0.29, 0.717) is 0 Å². The molecule has 0 bridgehead atoms. The Morgan fingerprint density at radius 2 is 1.52 bits per heavy atom. The Bertz CT molecular complexity index is 732. The van der Waals surface area contributed by atoms with Gasteiger partial charge in [0, 0.05) is 6.54 Å². The number of nitrogens with one attached hydrogen (secondary N) is 1. The second-order valence-corrected chi connectivity index (χ2v) is 19.8. The summed E-state index contributed by atoms with van der Waals surface area (Å²) in [5, 5.41) is 13.7. The predicted molar refractivity (Wildman–Crippen MR) is 128 cm³/mol. The highest BCUT2D eigenvalue weighted by atomic mass is 28.5. The van der Waals surface area contributed by atoms with Crippen molar-refractivity contribution in [3.63, 3.8) is 0 Å². The molecule has 0 aromatic carbocycles. The molecule has 0 saturated carbocycles. The van der Waals surface area contributed by atoms with Crippen molar-refractivity contribution in [2.45, 2.75) is 109 Å². The lowest BCUT2D eigenvalue weighted by atomic mass is 10.1. The lowest BCUT2D eigenvalue weighted by Gasteiger charge is -2.51. The van der Waals surface area contributed by atoms with Crippen LogP contribution in [0.25, 0.3) is 0 Å². The summed E-state index contributed by atoms with van der Waals surface area (Å²) < 4.78 is 26.9. The first kappa shape index (κ1) is 26.8. The summed E-state index contributed by atoms with van der Waals surface area (Å²) in [4.78, 5) is 25.9. The van der Waals surface area contributed by atoms with Gasteiger partial charge in [0.25, 0.3) is 0 Å². The Morgan fingerprint density at radius 3 is 2.03 bits per heavy atom. The summed E-state index contributed by atoms with van der Waals surface area (Å²) in [5.74, 6) is -0.715. The number of nitrogens with zero attached hydrogens (tertiary/aromatic N) is 1. The molecule has 190 valence electrons. The first-order valence-corrected chi connectivity index (χ1v) is 16.2. The van der Waals surface area contributed by atoms with Crippen LogP contribution in [-0.2, 0) is 22.5 Å². The van der Waals surface area contributed by atoms with E-state index in [4.69, 9.17) is 17.7 Å². The van der Waals surface area contributed by atoms with Gasteiger partial charge in [0.1, 0.15) is 18.3 Å². The number of imide groups is 1. The second kappa shape index (κ2) is 9.67. The van der Waals surface area contributed by atoms with E-state index in [1.165, 1.54) is 4.90 Å². The topological polar surface area (TPSA) is 107 Å². The van der Waals surface area contributed by atoms with E-state index in [2.05, 4.69) is 60.7 Å². The maximum absolute atomic E-state index is 12.6. The van der Waals surface area contributed by atoms with Crippen LogP contribution in [0.1, 0.15) is 62.3 Å². The van der Waals surface area contributed by atoms with Crippen molar-refractivity contribution in [3.05, 3.63) is 0 Å². The third kappa shape index (κ3) is 4.57. The van der Waals surface area contributed by atoms with Crippen LogP contribution in [-0.4, -0.2) is 76.8 Å². The minimum absolute atomic E-state index is 0.117. The number of hydrogen-bond acceptors (Lipinski definition) is 7. The van der Waals surface area contributed by atoms with Crippen LogP contribution in [0.5, 0.6) is 0 Å². The highest BCUT2D eigenvalue weighted by molar-refractivity contribution is 6.84. The molecular weight excluding hydrogens is 460 g/mol. The van der Waals surface area contributed by atoms with Crippen LogP contribution >= 0.6 is 0 Å². The van der Waals surface area contributed by atoms with Crippen LogP contribution in [0.3, 0.4) is 0 Å². The van der Waals surface area contributed by atoms with Gasteiger partial charge in [0.05, 0.1) is 12.5 Å². The van der Waals surface area contributed by atoms with E-state index in [-0.39, 0.29) is 41.2 Å². The maximum Gasteiger partial charge on any atom is 0.335 e. The molecule has 0 radical (unpaired) electrons. The smallest absolute Gasteiger partial charge is 0.335 e. The molecule has 0 aliphatic carbocycles. The summed E-state index contributed by atoms with van der Waals surface area (Å²) >= 11 is 0. The van der Waals surface area contributed by atoms with Crippen LogP contribution < -0.4 is 5.32 Å². The van der Waals surface area contributed by atoms with Gasteiger partial charge in [-0.2, -0.15) is 0 Å². The van der Waals surface area contributed by atoms with E-state index in [0.717, 1.165) is 0 Å². The molecule has 5 atom stereocenters. The summed E-state index contributed by atoms with van der Waals surface area (Å²) in [6.45, 7) is 19.2. The van der Waals surface area contributed by atoms with Crippen molar-refractivity contribution < 1.29 is 32.4 Å². The highest BCUT2D eigenvalue weighted by Gasteiger charge is 2.62. The lowest BCUT2D eigenvalue weighted by molar-refractivity contribution is -0.130. The Morgan fingerprint density at radius 1 is 0.970 bits per heavy atom. The number of carbonyl (C=O) groups is 2. The minimum Gasteiger partial charge on any atom is -0.414 e. The van der Waals surface area contributed by atoms with Gasteiger partial charge < -0.3 is 22.8 Å². The number of rotatable bonds is 5. The summed E-state index contributed by atoms with van der Waals surface area (Å²) in [6.07, 6.45) is -3.22. The molecule has 3 heterocycles. The molecule has 0 spiro atoms. The Labute approximate surface area is 200 Å². The number of aliphatic hydroxyl groups excluding tert-OH is 1. The fourth-order valence-electron chi connectivity index (χ4n) is 5.38. The standard InChI is InChI=1S/C22H42N2O7Si2/c1-12(2)32(13(3)4)28-11-17-19(30-33(31-32,14(5)6)15(7)8)18(25)21(29-17)24-10-16(9)20(26)23-22(24)27/h12-19,21,25H,10-11H2,1-9H3,(H,23,26,27). The Hall–Kier alpha value is -0.826. The molecule has 2 N–H and O–H groups in total. The molecule has 3 rings (SSSR count). The van der Waals surface area contributed by atoms with Gasteiger partial charge in [-0.1, -0.05) is 62.3 Å². The molecule has 11 heteroatoms. The number of fused-ring (bicyclic) bond motifs is 1. The predicted octanol–water partition coefficient (Wildman–Crippen LogP) is 3.22. The van der Waals surface area contributed by atoms with Crippen molar-refractivity contribution >= 4 is 29.1 Å². The number of aliphatic hydroxyl groups is 1.